The lowest BCUT2D eigenvalue weighted by Gasteiger charge is -2.23. The number of rotatable bonds is 4. The smallest absolute Gasteiger partial charge is 0.243 e. The van der Waals surface area contributed by atoms with E-state index in [1.165, 1.54) is 16.4 Å². The van der Waals surface area contributed by atoms with Crippen molar-refractivity contribution in [3.63, 3.8) is 0 Å². The molecule has 4 rings (SSSR count). The molecule has 3 aromatic rings. The molecular formula is C19H19FN4O3S. The average molecular weight is 402 g/mol. The van der Waals surface area contributed by atoms with Gasteiger partial charge in [0.1, 0.15) is 17.7 Å². The van der Waals surface area contributed by atoms with Gasteiger partial charge in [-0.25, -0.2) is 17.8 Å². The molecule has 1 saturated heterocycles. The van der Waals surface area contributed by atoms with Crippen LogP contribution in [0.3, 0.4) is 0 Å². The Hall–Kier alpha value is -2.78. The Morgan fingerprint density at radius 3 is 2.75 bits per heavy atom. The number of carbonyl (C=O) groups excluding carboxylic acids is 1. The van der Waals surface area contributed by atoms with Crippen molar-refractivity contribution < 1.29 is 17.6 Å². The van der Waals surface area contributed by atoms with Crippen molar-refractivity contribution in [3.05, 3.63) is 54.1 Å². The molecule has 7 nitrogen and oxygen atoms in total. The first kappa shape index (κ1) is 18.6. The molecule has 0 radical (unpaired) electrons. The quantitative estimate of drug-likeness (QED) is 0.702. The SMILES string of the molecule is Cc1nc2ccc(NC(=O)C3CCCN3S(=O)(=O)c3ccc(F)cc3)cc2[nH]1. The van der Waals surface area contributed by atoms with Gasteiger partial charge in [-0.1, -0.05) is 0 Å². The summed E-state index contributed by atoms with van der Waals surface area (Å²) in [6, 6.07) is 9.10. The van der Waals surface area contributed by atoms with Crippen LogP contribution in [0.5, 0.6) is 0 Å². The monoisotopic (exact) mass is 402 g/mol. The number of aromatic amines is 1. The fourth-order valence-corrected chi connectivity index (χ4v) is 5.13. The number of carbonyl (C=O) groups is 1. The highest BCUT2D eigenvalue weighted by molar-refractivity contribution is 7.89. The van der Waals surface area contributed by atoms with Crippen molar-refractivity contribution in [3.8, 4) is 0 Å². The fraction of sp³-hybridized carbons (Fsp3) is 0.263. The topological polar surface area (TPSA) is 95.2 Å². The van der Waals surface area contributed by atoms with Gasteiger partial charge >= 0.3 is 0 Å². The molecule has 0 aliphatic carbocycles. The molecule has 1 aliphatic heterocycles. The predicted octanol–water partition coefficient (Wildman–Crippen LogP) is 2.80. The van der Waals surface area contributed by atoms with E-state index in [2.05, 4.69) is 15.3 Å². The Morgan fingerprint density at radius 1 is 1.25 bits per heavy atom. The second kappa shape index (κ2) is 6.99. The Bertz CT molecular complexity index is 1140. The molecule has 1 amide bonds. The molecule has 9 heteroatoms. The first-order valence-electron chi connectivity index (χ1n) is 8.89. The Labute approximate surface area is 161 Å². The highest BCUT2D eigenvalue weighted by Gasteiger charge is 2.39. The summed E-state index contributed by atoms with van der Waals surface area (Å²) in [5.41, 5.74) is 2.14. The maximum absolute atomic E-state index is 13.1. The van der Waals surface area contributed by atoms with Gasteiger partial charge in [0.2, 0.25) is 15.9 Å². The Kier molecular flexibility index (Phi) is 4.64. The van der Waals surface area contributed by atoms with Crippen molar-refractivity contribution in [1.29, 1.82) is 0 Å². The van der Waals surface area contributed by atoms with Gasteiger partial charge in [-0.2, -0.15) is 4.31 Å². The zero-order valence-corrected chi connectivity index (χ0v) is 16.0. The lowest BCUT2D eigenvalue weighted by molar-refractivity contribution is -0.119. The molecule has 1 aliphatic rings. The molecule has 146 valence electrons. The van der Waals surface area contributed by atoms with Crippen molar-refractivity contribution in [1.82, 2.24) is 14.3 Å². The number of anilines is 1. The van der Waals surface area contributed by atoms with E-state index in [4.69, 9.17) is 0 Å². The molecule has 2 heterocycles. The van der Waals surface area contributed by atoms with Gasteiger partial charge in [0.25, 0.3) is 0 Å². The molecule has 1 aromatic heterocycles. The summed E-state index contributed by atoms with van der Waals surface area (Å²) in [4.78, 5) is 20.2. The number of aryl methyl sites for hydroxylation is 1. The number of nitrogens with zero attached hydrogens (tertiary/aromatic N) is 2. The third-order valence-corrected chi connectivity index (χ3v) is 6.72. The number of amides is 1. The van der Waals surface area contributed by atoms with E-state index >= 15 is 0 Å². The number of H-pyrrole nitrogens is 1. The molecule has 2 N–H and O–H groups in total. The number of aromatic nitrogens is 2. The van der Waals surface area contributed by atoms with Crippen LogP contribution in [0.15, 0.2) is 47.4 Å². The number of imidazole rings is 1. The summed E-state index contributed by atoms with van der Waals surface area (Å²) in [6.07, 6.45) is 1.01. The molecular weight excluding hydrogens is 383 g/mol. The zero-order valence-electron chi connectivity index (χ0n) is 15.1. The van der Waals surface area contributed by atoms with E-state index in [-0.39, 0.29) is 11.4 Å². The van der Waals surface area contributed by atoms with E-state index in [1.807, 2.05) is 6.92 Å². The number of halogens is 1. The summed E-state index contributed by atoms with van der Waals surface area (Å²) in [5.74, 6) is -0.135. The van der Waals surface area contributed by atoms with Crippen LogP contribution < -0.4 is 5.32 Å². The van der Waals surface area contributed by atoms with E-state index in [1.54, 1.807) is 18.2 Å². The minimum Gasteiger partial charge on any atom is -0.342 e. The van der Waals surface area contributed by atoms with Crippen molar-refractivity contribution in [2.45, 2.75) is 30.7 Å². The van der Waals surface area contributed by atoms with Gasteiger partial charge in [0.05, 0.1) is 15.9 Å². The standard InChI is InChI=1S/C19H19FN4O3S/c1-12-21-16-9-6-14(11-17(16)22-12)23-19(25)18-3-2-10-24(18)28(26,27)15-7-4-13(20)5-8-15/h4-9,11,18H,2-3,10H2,1H3,(H,21,22)(H,23,25). The summed E-state index contributed by atoms with van der Waals surface area (Å²) in [6.45, 7) is 2.09. The van der Waals surface area contributed by atoms with Crippen LogP contribution in [0, 0.1) is 12.7 Å². The molecule has 28 heavy (non-hydrogen) atoms. The first-order chi connectivity index (χ1) is 13.3. The molecule has 0 spiro atoms. The van der Waals surface area contributed by atoms with Crippen LogP contribution in [0.4, 0.5) is 10.1 Å². The number of sulfonamides is 1. The summed E-state index contributed by atoms with van der Waals surface area (Å²) < 4.78 is 40.1. The zero-order chi connectivity index (χ0) is 19.9. The van der Waals surface area contributed by atoms with Gasteiger partial charge in [-0.3, -0.25) is 4.79 Å². The van der Waals surface area contributed by atoms with E-state index in [0.29, 0.717) is 18.5 Å². The number of benzene rings is 2. The van der Waals surface area contributed by atoms with Crippen molar-refractivity contribution in [2.24, 2.45) is 0 Å². The third-order valence-electron chi connectivity index (χ3n) is 4.79. The second-order valence-corrected chi connectivity index (χ2v) is 8.66. The molecule has 1 atom stereocenters. The van der Waals surface area contributed by atoms with Crippen LogP contribution in [0.1, 0.15) is 18.7 Å². The van der Waals surface area contributed by atoms with Crippen LogP contribution in [-0.4, -0.2) is 41.2 Å². The number of hydrogen-bond donors (Lipinski definition) is 2. The number of hydrogen-bond acceptors (Lipinski definition) is 4. The van der Waals surface area contributed by atoms with Gasteiger partial charge in [-0.05, 0) is 62.2 Å². The lowest BCUT2D eigenvalue weighted by atomic mass is 10.2. The maximum atomic E-state index is 13.1. The van der Waals surface area contributed by atoms with Crippen LogP contribution in [0.2, 0.25) is 0 Å². The number of nitrogens with one attached hydrogen (secondary N) is 2. The van der Waals surface area contributed by atoms with Crippen LogP contribution in [0.25, 0.3) is 11.0 Å². The van der Waals surface area contributed by atoms with Gasteiger partial charge in [0, 0.05) is 12.2 Å². The minimum atomic E-state index is -3.88. The van der Waals surface area contributed by atoms with E-state index < -0.39 is 27.8 Å². The van der Waals surface area contributed by atoms with E-state index in [0.717, 1.165) is 29.0 Å². The second-order valence-electron chi connectivity index (χ2n) is 6.77. The maximum Gasteiger partial charge on any atom is 0.243 e. The molecule has 1 fully saturated rings. The molecule has 0 saturated carbocycles. The van der Waals surface area contributed by atoms with Crippen molar-refractivity contribution >= 4 is 32.7 Å². The van der Waals surface area contributed by atoms with Crippen LogP contribution >= 0.6 is 0 Å². The summed E-state index contributed by atoms with van der Waals surface area (Å²) >= 11 is 0. The summed E-state index contributed by atoms with van der Waals surface area (Å²) in [5, 5.41) is 2.80. The fourth-order valence-electron chi connectivity index (χ4n) is 3.47. The van der Waals surface area contributed by atoms with Crippen molar-refractivity contribution in [2.75, 3.05) is 11.9 Å². The molecule has 1 unspecified atom stereocenters. The largest absolute Gasteiger partial charge is 0.342 e. The summed E-state index contributed by atoms with van der Waals surface area (Å²) in [7, 11) is -3.88. The average Bonchev–Trinajstić information content (AvgIpc) is 3.28. The molecule has 2 aromatic carbocycles. The van der Waals surface area contributed by atoms with Gasteiger partial charge in [0.15, 0.2) is 0 Å². The highest BCUT2D eigenvalue weighted by atomic mass is 32.2. The minimum absolute atomic E-state index is 0.0250. The van der Waals surface area contributed by atoms with Gasteiger partial charge in [-0.15, -0.1) is 0 Å². The van der Waals surface area contributed by atoms with Crippen LogP contribution in [-0.2, 0) is 14.8 Å². The lowest BCUT2D eigenvalue weighted by Crippen LogP contribution is -2.43. The first-order valence-corrected chi connectivity index (χ1v) is 10.3. The number of fused-ring (bicyclic) bond motifs is 1. The Morgan fingerprint density at radius 2 is 2.00 bits per heavy atom. The Balaban J connectivity index is 1.56. The van der Waals surface area contributed by atoms with E-state index in [9.17, 15) is 17.6 Å². The van der Waals surface area contributed by atoms with Gasteiger partial charge < -0.3 is 10.3 Å². The predicted molar refractivity (Wildman–Crippen MR) is 103 cm³/mol. The normalized spacial score (nSPS) is 17.9. The third kappa shape index (κ3) is 3.38. The highest BCUT2D eigenvalue weighted by Crippen LogP contribution is 2.27. The molecule has 0 bridgehead atoms.